The highest BCUT2D eigenvalue weighted by molar-refractivity contribution is 5.70. The van der Waals surface area contributed by atoms with E-state index in [-0.39, 0.29) is 17.0 Å². The molecule has 0 radical (unpaired) electrons. The molecule has 4 heteroatoms. The standard InChI is InChI=1S/C15H18N2O2/c1-3-4-9-12-16-14(18)13(15(19)17-12)11-8-6-5-7-10(11)2/h5-8H,3-4,9H2,1-2H3,(H2,16,17,18,19). The third-order valence-corrected chi connectivity index (χ3v) is 3.13. The first-order chi connectivity index (χ1) is 9.13. The molecule has 0 aliphatic heterocycles. The van der Waals surface area contributed by atoms with E-state index in [9.17, 15) is 9.90 Å². The van der Waals surface area contributed by atoms with E-state index in [2.05, 4.69) is 16.9 Å². The van der Waals surface area contributed by atoms with Crippen LogP contribution in [0.1, 0.15) is 31.2 Å². The number of hydrogen-bond donors (Lipinski definition) is 2. The second-order valence-electron chi connectivity index (χ2n) is 4.63. The molecule has 0 unspecified atom stereocenters. The first-order valence-corrected chi connectivity index (χ1v) is 6.51. The van der Waals surface area contributed by atoms with Crippen LogP contribution in [0.2, 0.25) is 0 Å². The van der Waals surface area contributed by atoms with E-state index in [4.69, 9.17) is 0 Å². The van der Waals surface area contributed by atoms with Gasteiger partial charge in [0, 0.05) is 6.42 Å². The predicted molar refractivity (Wildman–Crippen MR) is 75.3 cm³/mol. The van der Waals surface area contributed by atoms with E-state index in [1.165, 1.54) is 0 Å². The zero-order chi connectivity index (χ0) is 13.8. The van der Waals surface area contributed by atoms with Crippen molar-refractivity contribution in [3.63, 3.8) is 0 Å². The molecule has 0 fully saturated rings. The van der Waals surface area contributed by atoms with E-state index in [0.29, 0.717) is 12.2 Å². The minimum Gasteiger partial charge on any atom is -0.493 e. The van der Waals surface area contributed by atoms with Gasteiger partial charge in [-0.05, 0) is 24.5 Å². The average Bonchev–Trinajstić information content (AvgIpc) is 2.38. The first-order valence-electron chi connectivity index (χ1n) is 6.51. The Labute approximate surface area is 112 Å². The normalized spacial score (nSPS) is 10.6. The van der Waals surface area contributed by atoms with Crippen molar-refractivity contribution in [2.24, 2.45) is 0 Å². The topological polar surface area (TPSA) is 66.0 Å². The number of nitrogens with one attached hydrogen (secondary N) is 1. The number of aromatic nitrogens is 2. The van der Waals surface area contributed by atoms with Crippen LogP contribution in [-0.4, -0.2) is 15.1 Å². The van der Waals surface area contributed by atoms with Crippen LogP contribution < -0.4 is 5.56 Å². The fourth-order valence-electron chi connectivity index (χ4n) is 2.07. The minimum absolute atomic E-state index is 0.191. The summed E-state index contributed by atoms with van der Waals surface area (Å²) < 4.78 is 0. The molecule has 0 aliphatic carbocycles. The van der Waals surface area contributed by atoms with Crippen molar-refractivity contribution < 1.29 is 5.11 Å². The second kappa shape index (κ2) is 5.69. The molecule has 0 aliphatic rings. The molecule has 0 saturated heterocycles. The van der Waals surface area contributed by atoms with Crippen molar-refractivity contribution in [2.75, 3.05) is 0 Å². The van der Waals surface area contributed by atoms with Crippen LogP contribution >= 0.6 is 0 Å². The minimum atomic E-state index is -0.284. The summed E-state index contributed by atoms with van der Waals surface area (Å²) in [7, 11) is 0. The summed E-state index contributed by atoms with van der Waals surface area (Å²) in [4.78, 5) is 19.0. The van der Waals surface area contributed by atoms with Crippen molar-refractivity contribution in [1.29, 1.82) is 0 Å². The van der Waals surface area contributed by atoms with E-state index in [1.54, 1.807) is 0 Å². The van der Waals surface area contributed by atoms with Crippen LogP contribution in [0.15, 0.2) is 29.1 Å². The van der Waals surface area contributed by atoms with Crippen molar-refractivity contribution in [3.8, 4) is 17.0 Å². The molecule has 0 spiro atoms. The van der Waals surface area contributed by atoms with Gasteiger partial charge >= 0.3 is 0 Å². The third-order valence-electron chi connectivity index (χ3n) is 3.13. The molecule has 1 aromatic carbocycles. The van der Waals surface area contributed by atoms with Gasteiger partial charge in [0.05, 0.1) is 0 Å². The Morgan fingerprint density at radius 1 is 1.32 bits per heavy atom. The average molecular weight is 258 g/mol. The highest BCUT2D eigenvalue weighted by atomic mass is 16.3. The van der Waals surface area contributed by atoms with Gasteiger partial charge in [0.2, 0.25) is 5.88 Å². The molecule has 0 bridgehead atoms. The highest BCUT2D eigenvalue weighted by Gasteiger charge is 2.14. The molecule has 0 saturated carbocycles. The van der Waals surface area contributed by atoms with Crippen LogP contribution in [-0.2, 0) is 6.42 Å². The van der Waals surface area contributed by atoms with Gasteiger partial charge in [-0.25, -0.2) is 0 Å². The van der Waals surface area contributed by atoms with Crippen molar-refractivity contribution in [2.45, 2.75) is 33.1 Å². The number of hydrogen-bond acceptors (Lipinski definition) is 3. The molecule has 1 aromatic heterocycles. The smallest absolute Gasteiger partial charge is 0.262 e. The van der Waals surface area contributed by atoms with Gasteiger partial charge in [-0.2, -0.15) is 4.98 Å². The van der Waals surface area contributed by atoms with Crippen LogP contribution in [0.4, 0.5) is 0 Å². The maximum atomic E-state index is 12.1. The van der Waals surface area contributed by atoms with Crippen molar-refractivity contribution in [3.05, 3.63) is 46.0 Å². The molecule has 4 nitrogen and oxygen atoms in total. The number of nitrogens with zero attached hydrogens (tertiary/aromatic N) is 1. The quantitative estimate of drug-likeness (QED) is 0.886. The lowest BCUT2D eigenvalue weighted by molar-refractivity contribution is 0.449. The van der Waals surface area contributed by atoms with Gasteiger partial charge < -0.3 is 10.1 Å². The molecule has 19 heavy (non-hydrogen) atoms. The van der Waals surface area contributed by atoms with E-state index >= 15 is 0 Å². The summed E-state index contributed by atoms with van der Waals surface area (Å²) in [5, 5.41) is 10.0. The number of aromatic amines is 1. The fourth-order valence-corrected chi connectivity index (χ4v) is 2.07. The van der Waals surface area contributed by atoms with Crippen LogP contribution in [0.5, 0.6) is 5.88 Å². The van der Waals surface area contributed by atoms with Gasteiger partial charge in [0.15, 0.2) is 0 Å². The zero-order valence-corrected chi connectivity index (χ0v) is 11.2. The van der Waals surface area contributed by atoms with Gasteiger partial charge in [0.1, 0.15) is 11.4 Å². The fraction of sp³-hybridized carbons (Fsp3) is 0.333. The van der Waals surface area contributed by atoms with Gasteiger partial charge in [-0.3, -0.25) is 4.79 Å². The predicted octanol–water partition coefficient (Wildman–Crippen LogP) is 2.79. The zero-order valence-electron chi connectivity index (χ0n) is 11.2. The lowest BCUT2D eigenvalue weighted by Crippen LogP contribution is -2.14. The Morgan fingerprint density at radius 3 is 2.68 bits per heavy atom. The van der Waals surface area contributed by atoms with E-state index < -0.39 is 0 Å². The summed E-state index contributed by atoms with van der Waals surface area (Å²) in [6.45, 7) is 3.97. The van der Waals surface area contributed by atoms with E-state index in [0.717, 1.165) is 24.0 Å². The van der Waals surface area contributed by atoms with Gasteiger partial charge in [-0.1, -0.05) is 37.6 Å². The number of aromatic hydroxyl groups is 1. The Kier molecular flexibility index (Phi) is 4.00. The SMILES string of the molecule is CCCCc1nc(O)c(-c2ccccc2C)c(=O)[nH]1. The highest BCUT2D eigenvalue weighted by Crippen LogP contribution is 2.26. The van der Waals surface area contributed by atoms with E-state index in [1.807, 2.05) is 31.2 Å². The number of benzene rings is 1. The number of aryl methyl sites for hydroxylation is 2. The summed E-state index contributed by atoms with van der Waals surface area (Å²) in [5.74, 6) is 0.353. The second-order valence-corrected chi connectivity index (χ2v) is 4.63. The molecule has 0 amide bonds. The summed E-state index contributed by atoms with van der Waals surface area (Å²) in [5.41, 5.74) is 1.62. The van der Waals surface area contributed by atoms with Crippen molar-refractivity contribution >= 4 is 0 Å². The Morgan fingerprint density at radius 2 is 2.05 bits per heavy atom. The number of rotatable bonds is 4. The monoisotopic (exact) mass is 258 g/mol. The van der Waals surface area contributed by atoms with Gasteiger partial charge in [0.25, 0.3) is 5.56 Å². The number of H-pyrrole nitrogens is 1. The molecule has 100 valence electrons. The van der Waals surface area contributed by atoms with Crippen molar-refractivity contribution in [1.82, 2.24) is 9.97 Å². The molecule has 2 rings (SSSR count). The van der Waals surface area contributed by atoms with Gasteiger partial charge in [-0.15, -0.1) is 0 Å². The largest absolute Gasteiger partial charge is 0.493 e. The maximum absolute atomic E-state index is 12.1. The molecule has 0 atom stereocenters. The Balaban J connectivity index is 2.49. The lowest BCUT2D eigenvalue weighted by atomic mass is 10.0. The Hall–Kier alpha value is -2.10. The molecule has 2 N–H and O–H groups in total. The van der Waals surface area contributed by atoms with Crippen LogP contribution in [0, 0.1) is 6.92 Å². The lowest BCUT2D eigenvalue weighted by Gasteiger charge is -2.08. The molecular weight excluding hydrogens is 240 g/mol. The summed E-state index contributed by atoms with van der Waals surface area (Å²) >= 11 is 0. The summed E-state index contributed by atoms with van der Waals surface area (Å²) in [6, 6.07) is 7.45. The molecular formula is C15H18N2O2. The first kappa shape index (κ1) is 13.3. The third kappa shape index (κ3) is 2.84. The Bertz CT molecular complexity index is 632. The van der Waals surface area contributed by atoms with Crippen LogP contribution in [0.3, 0.4) is 0 Å². The molecule has 2 aromatic rings. The molecule has 1 heterocycles. The summed E-state index contributed by atoms with van der Waals surface area (Å²) in [6.07, 6.45) is 2.63. The number of unbranched alkanes of at least 4 members (excludes halogenated alkanes) is 1. The van der Waals surface area contributed by atoms with Crippen LogP contribution in [0.25, 0.3) is 11.1 Å². The maximum Gasteiger partial charge on any atom is 0.262 e.